The van der Waals surface area contributed by atoms with Crippen LogP contribution in [0.25, 0.3) is 0 Å². The maximum atomic E-state index is 14.4. The van der Waals surface area contributed by atoms with Gasteiger partial charge in [-0.25, -0.2) is 4.79 Å². The first-order chi connectivity index (χ1) is 29.0. The monoisotopic (exact) mass is 833 g/mol. The number of unbranched alkanes of at least 4 members (excludes halogenated alkanes) is 2. The van der Waals surface area contributed by atoms with Gasteiger partial charge >= 0.3 is 6.09 Å². The number of aryl methyl sites for hydroxylation is 1. The number of carbonyl (C=O) groups excluding carboxylic acids is 1. The van der Waals surface area contributed by atoms with Crippen LogP contribution in [0.4, 0.5) is 4.79 Å². The number of amides is 1. The summed E-state index contributed by atoms with van der Waals surface area (Å²) in [7, 11) is 0. The minimum atomic E-state index is -1.47. The summed E-state index contributed by atoms with van der Waals surface area (Å²) in [5.41, 5.74) is 3.65. The van der Waals surface area contributed by atoms with Gasteiger partial charge in [-0.1, -0.05) is 42.3 Å². The zero-order valence-corrected chi connectivity index (χ0v) is 36.1. The highest BCUT2D eigenvalue weighted by Crippen LogP contribution is 2.62. The lowest BCUT2D eigenvalue weighted by atomic mass is 9.55. The van der Waals surface area contributed by atoms with E-state index in [-0.39, 0.29) is 83.6 Å². The Kier molecular flexibility index (Phi) is 17.6. The number of aromatic nitrogens is 1. The Hall–Kier alpha value is -4.27. The third-order valence-electron chi connectivity index (χ3n) is 11.3. The SMILES string of the molecule is C=CCCOC(=O)N(CCOCCO)[C@H]1CC(=NOC(C)(C)C)C2=C[C@H](CCCCO)[C@@H](CCCCO)[C@@H]3c4cc(OCc5cccc(C)n5)ccc4O[C@@]1(OCC=C)[C@H]23. The van der Waals surface area contributed by atoms with E-state index in [4.69, 9.17) is 33.7 Å². The fraction of sp³-hybridized carbons (Fsp3) is 0.596. The van der Waals surface area contributed by atoms with Crippen molar-refractivity contribution in [1.29, 1.82) is 0 Å². The molecular weight excluding hydrogens is 767 g/mol. The Morgan fingerprint density at radius 1 is 1.02 bits per heavy atom. The van der Waals surface area contributed by atoms with Crippen molar-refractivity contribution >= 4 is 11.8 Å². The van der Waals surface area contributed by atoms with Crippen LogP contribution < -0.4 is 9.47 Å². The van der Waals surface area contributed by atoms with Crippen LogP contribution in [0, 0.1) is 24.7 Å². The quantitative estimate of drug-likeness (QED) is 0.0548. The summed E-state index contributed by atoms with van der Waals surface area (Å²) in [6, 6.07) is 10.9. The van der Waals surface area contributed by atoms with Crippen molar-refractivity contribution in [2.24, 2.45) is 22.9 Å². The number of hydrogen-bond donors (Lipinski definition) is 3. The topological polar surface area (TPSA) is 162 Å². The number of carbonyl (C=O) groups is 1. The van der Waals surface area contributed by atoms with Gasteiger partial charge in [-0.05, 0) is 108 Å². The lowest BCUT2D eigenvalue weighted by Crippen LogP contribution is -2.70. The number of allylic oxidation sites excluding steroid dienone is 1. The number of rotatable bonds is 24. The Labute approximate surface area is 356 Å². The van der Waals surface area contributed by atoms with Crippen molar-refractivity contribution in [3.8, 4) is 11.5 Å². The summed E-state index contributed by atoms with van der Waals surface area (Å²) in [5, 5.41) is 34.2. The Morgan fingerprint density at radius 3 is 2.50 bits per heavy atom. The molecule has 1 saturated carbocycles. The van der Waals surface area contributed by atoms with Crippen LogP contribution in [0.3, 0.4) is 0 Å². The van der Waals surface area contributed by atoms with Gasteiger partial charge in [0, 0.05) is 43.4 Å². The van der Waals surface area contributed by atoms with Gasteiger partial charge in [0.2, 0.25) is 5.79 Å². The van der Waals surface area contributed by atoms with Gasteiger partial charge in [0.05, 0.1) is 50.4 Å². The van der Waals surface area contributed by atoms with Crippen molar-refractivity contribution in [3.05, 3.63) is 90.3 Å². The molecule has 0 unspecified atom stereocenters. The molecule has 2 heterocycles. The number of benzene rings is 1. The van der Waals surface area contributed by atoms with E-state index in [9.17, 15) is 20.1 Å². The Bertz CT molecular complexity index is 1780. The largest absolute Gasteiger partial charge is 0.487 e. The van der Waals surface area contributed by atoms with Crippen LogP contribution in [0.2, 0.25) is 0 Å². The Balaban J connectivity index is 1.75. The van der Waals surface area contributed by atoms with E-state index in [1.165, 1.54) is 0 Å². The maximum absolute atomic E-state index is 14.4. The van der Waals surface area contributed by atoms with Gasteiger partial charge in [-0.2, -0.15) is 0 Å². The van der Waals surface area contributed by atoms with Crippen molar-refractivity contribution in [1.82, 2.24) is 9.88 Å². The standard InChI is InChI=1S/C47H67N3O10/c1-7-9-26-56-45(54)50(21-27-55-28-24-53)42-31-40(49-60-46(4,5)6)38-29-34(16-10-12-22-51)37(18-11-13-23-52)43-39-30-36(57-32-35-17-14-15-33(3)48-35)19-20-41(39)59-47(42,44(38)43)58-25-8-2/h7-8,14-15,17,19-20,29-30,34,37,42-44,51-53H,1-2,9-13,16,18,21-28,31-32H2,3-6H3/t34-,37+,42-,43+,44+,47+/m0/s1. The Morgan fingerprint density at radius 2 is 1.80 bits per heavy atom. The van der Waals surface area contributed by atoms with E-state index >= 15 is 0 Å². The first-order valence-electron chi connectivity index (χ1n) is 21.5. The fourth-order valence-electron chi connectivity index (χ4n) is 8.78. The van der Waals surface area contributed by atoms with Crippen LogP contribution in [0.5, 0.6) is 11.5 Å². The van der Waals surface area contributed by atoms with Crippen molar-refractivity contribution in [3.63, 3.8) is 0 Å². The highest BCUT2D eigenvalue weighted by molar-refractivity contribution is 6.03. The van der Waals surface area contributed by atoms with E-state index in [1.54, 1.807) is 17.1 Å². The van der Waals surface area contributed by atoms with E-state index in [1.807, 2.05) is 58.0 Å². The number of oxime groups is 1. The van der Waals surface area contributed by atoms with Gasteiger partial charge in [-0.15, -0.1) is 13.2 Å². The molecule has 13 heteroatoms. The molecular formula is C47H67N3O10. The fourth-order valence-corrected chi connectivity index (χ4v) is 8.78. The van der Waals surface area contributed by atoms with E-state index in [2.05, 4.69) is 30.3 Å². The summed E-state index contributed by atoms with van der Waals surface area (Å²) in [5.74, 6) is -0.829. The minimum absolute atomic E-state index is 0.0384. The summed E-state index contributed by atoms with van der Waals surface area (Å²) in [6.07, 6.45) is 10.3. The second kappa shape index (κ2) is 22.5. The second-order valence-electron chi connectivity index (χ2n) is 16.8. The van der Waals surface area contributed by atoms with E-state index in [0.29, 0.717) is 36.5 Å². The molecule has 3 aliphatic rings. The number of pyridine rings is 1. The molecule has 2 aromatic rings. The number of fused-ring (bicyclic) bond motifs is 2. The van der Waals surface area contributed by atoms with E-state index in [0.717, 1.165) is 48.2 Å². The predicted octanol–water partition coefficient (Wildman–Crippen LogP) is 7.42. The summed E-state index contributed by atoms with van der Waals surface area (Å²) < 4.78 is 32.4. The molecule has 0 saturated heterocycles. The molecule has 0 spiro atoms. The number of aliphatic hydroxyl groups is 3. The molecule has 6 atom stereocenters. The predicted molar refractivity (Wildman–Crippen MR) is 230 cm³/mol. The van der Waals surface area contributed by atoms with Crippen molar-refractivity contribution in [2.75, 3.05) is 52.8 Å². The maximum Gasteiger partial charge on any atom is 0.410 e. The number of aliphatic hydroxyl groups excluding tert-OH is 3. The lowest BCUT2D eigenvalue weighted by Gasteiger charge is -2.60. The smallest absolute Gasteiger partial charge is 0.410 e. The lowest BCUT2D eigenvalue weighted by molar-refractivity contribution is -0.256. The minimum Gasteiger partial charge on any atom is -0.487 e. The van der Waals surface area contributed by atoms with Crippen LogP contribution >= 0.6 is 0 Å². The van der Waals surface area contributed by atoms with E-state index < -0.39 is 29.4 Å². The third-order valence-corrected chi connectivity index (χ3v) is 11.3. The third kappa shape index (κ3) is 11.8. The molecule has 2 aliphatic carbocycles. The van der Waals surface area contributed by atoms with Gasteiger partial charge in [-0.3, -0.25) is 9.88 Å². The molecule has 1 fully saturated rings. The van der Waals surface area contributed by atoms with Crippen LogP contribution in [-0.4, -0.2) is 107 Å². The highest BCUT2D eigenvalue weighted by atomic mass is 16.7. The average molecular weight is 834 g/mol. The van der Waals surface area contributed by atoms with Gasteiger partial charge in [0.1, 0.15) is 29.7 Å². The van der Waals surface area contributed by atoms with Crippen LogP contribution in [0.15, 0.2) is 78.5 Å². The van der Waals surface area contributed by atoms with Gasteiger partial charge in [0.25, 0.3) is 0 Å². The summed E-state index contributed by atoms with van der Waals surface area (Å²) in [4.78, 5) is 26.8. The molecule has 1 amide bonds. The molecule has 3 N–H and O–H groups in total. The molecule has 1 aromatic carbocycles. The molecule has 0 radical (unpaired) electrons. The number of ether oxygens (including phenoxy) is 5. The molecule has 5 rings (SSSR count). The molecule has 0 bridgehead atoms. The zero-order chi connectivity index (χ0) is 43.1. The van der Waals surface area contributed by atoms with Crippen LogP contribution in [-0.2, 0) is 25.7 Å². The zero-order valence-electron chi connectivity index (χ0n) is 36.1. The molecule has 60 heavy (non-hydrogen) atoms. The molecule has 330 valence electrons. The summed E-state index contributed by atoms with van der Waals surface area (Å²) in [6.45, 7) is 16.5. The average Bonchev–Trinajstić information content (AvgIpc) is 3.22. The molecule has 1 aromatic heterocycles. The van der Waals surface area contributed by atoms with Crippen molar-refractivity contribution < 1.29 is 48.6 Å². The first-order valence-corrected chi connectivity index (χ1v) is 21.5. The number of hydrogen-bond acceptors (Lipinski definition) is 12. The van der Waals surface area contributed by atoms with Crippen molar-refractivity contribution in [2.45, 2.75) is 109 Å². The molecule has 1 aliphatic heterocycles. The van der Waals surface area contributed by atoms with Crippen LogP contribution in [0.1, 0.15) is 95.0 Å². The normalized spacial score (nSPS) is 23.8. The van der Waals surface area contributed by atoms with Gasteiger partial charge < -0.3 is 43.8 Å². The number of nitrogens with zero attached hydrogens (tertiary/aromatic N) is 3. The van der Waals surface area contributed by atoms with Gasteiger partial charge in [0.15, 0.2) is 0 Å². The summed E-state index contributed by atoms with van der Waals surface area (Å²) >= 11 is 0. The highest BCUT2D eigenvalue weighted by Gasteiger charge is 2.65. The second-order valence-corrected chi connectivity index (χ2v) is 16.8. The molecule has 13 nitrogen and oxygen atoms in total. The first kappa shape index (κ1) is 46.8.